The minimum Gasteiger partial charge on any atom is -0.285 e. The molecule has 0 bridgehead atoms. The second kappa shape index (κ2) is 5.31. The lowest BCUT2D eigenvalue weighted by atomic mass is 10.2. The zero-order valence-corrected chi connectivity index (χ0v) is 9.27. The molecule has 0 unspecified atom stereocenters. The van der Waals surface area contributed by atoms with Crippen molar-refractivity contribution >= 4 is 10.1 Å². The van der Waals surface area contributed by atoms with Crippen LogP contribution in [0.25, 0.3) is 0 Å². The van der Waals surface area contributed by atoms with Crippen LogP contribution in [-0.2, 0) is 10.1 Å². The molecule has 0 aromatic heterocycles. The Bertz CT molecular complexity index is 416. The van der Waals surface area contributed by atoms with Crippen molar-refractivity contribution in [3.63, 3.8) is 0 Å². The zero-order chi connectivity index (χ0) is 13.0. The van der Waals surface area contributed by atoms with E-state index in [2.05, 4.69) is 6.58 Å². The third kappa shape index (κ3) is 6.41. The summed E-state index contributed by atoms with van der Waals surface area (Å²) in [5, 5.41) is 0. The molecule has 92 valence electrons. The maximum atomic E-state index is 12.1. The summed E-state index contributed by atoms with van der Waals surface area (Å²) in [6.07, 6.45) is -1.72. The van der Waals surface area contributed by atoms with Gasteiger partial charge in [-0.15, -0.1) is 0 Å². The fourth-order valence-electron chi connectivity index (χ4n) is 0.712. The van der Waals surface area contributed by atoms with Crippen LogP contribution in [0.3, 0.4) is 0 Å². The van der Waals surface area contributed by atoms with E-state index in [0.29, 0.717) is 0 Å². The summed E-state index contributed by atoms with van der Waals surface area (Å²) in [6, 6.07) is 0. The summed E-state index contributed by atoms with van der Waals surface area (Å²) in [4.78, 5) is 0. The highest BCUT2D eigenvalue weighted by Gasteiger charge is 2.29. The first kappa shape index (κ1) is 14.9. The summed E-state index contributed by atoms with van der Waals surface area (Å²) in [6.45, 7) is 4.08. The van der Waals surface area contributed by atoms with Crippen molar-refractivity contribution in [1.29, 1.82) is 0 Å². The number of allylic oxidation sites excluding steroid dienone is 4. The molecule has 7 heteroatoms. The van der Waals surface area contributed by atoms with E-state index in [-0.39, 0.29) is 5.57 Å². The average Bonchev–Trinajstić information content (AvgIpc) is 2.08. The molecule has 0 aliphatic heterocycles. The molecule has 0 amide bonds. The second-order valence-electron chi connectivity index (χ2n) is 3.02. The smallest absolute Gasteiger partial charge is 0.285 e. The lowest BCUT2D eigenvalue weighted by Crippen LogP contribution is -2.09. The molecule has 0 aliphatic rings. The van der Waals surface area contributed by atoms with Gasteiger partial charge in [-0.25, -0.2) is 0 Å². The largest absolute Gasteiger partial charge is 0.412 e. The summed E-state index contributed by atoms with van der Waals surface area (Å²) < 4.78 is 65.6. The lowest BCUT2D eigenvalue weighted by molar-refractivity contribution is -0.0912. The van der Waals surface area contributed by atoms with Gasteiger partial charge >= 0.3 is 6.18 Å². The highest BCUT2D eigenvalue weighted by Crippen LogP contribution is 2.24. The Morgan fingerprint density at radius 3 is 2.19 bits per heavy atom. The Labute approximate surface area is 91.7 Å². The van der Waals surface area contributed by atoms with E-state index < -0.39 is 27.6 Å². The number of rotatable bonds is 4. The van der Waals surface area contributed by atoms with E-state index in [1.54, 1.807) is 0 Å². The molecule has 3 nitrogen and oxygen atoms in total. The average molecular weight is 256 g/mol. The van der Waals surface area contributed by atoms with Gasteiger partial charge in [0.1, 0.15) is 5.75 Å². The van der Waals surface area contributed by atoms with Crippen LogP contribution in [0, 0.1) is 0 Å². The molecular weight excluding hydrogens is 245 g/mol. The molecular formula is C9H11F3O3S. The van der Waals surface area contributed by atoms with Crippen molar-refractivity contribution in [3.8, 4) is 0 Å². The molecule has 1 N–H and O–H groups in total. The van der Waals surface area contributed by atoms with Crippen LogP contribution < -0.4 is 0 Å². The van der Waals surface area contributed by atoms with Gasteiger partial charge in [0.15, 0.2) is 0 Å². The number of alkyl halides is 3. The van der Waals surface area contributed by atoms with Crippen molar-refractivity contribution in [2.45, 2.75) is 13.1 Å². The van der Waals surface area contributed by atoms with Gasteiger partial charge in [0.2, 0.25) is 0 Å². The molecule has 0 atom stereocenters. The Kier molecular flexibility index (Phi) is 4.95. The lowest BCUT2D eigenvalue weighted by Gasteiger charge is -2.04. The van der Waals surface area contributed by atoms with Crippen molar-refractivity contribution in [3.05, 3.63) is 36.0 Å². The second-order valence-corrected chi connectivity index (χ2v) is 4.47. The van der Waals surface area contributed by atoms with Gasteiger partial charge in [-0.3, -0.25) is 4.55 Å². The van der Waals surface area contributed by atoms with Crippen molar-refractivity contribution in [2.75, 3.05) is 5.75 Å². The van der Waals surface area contributed by atoms with Crippen LogP contribution in [-0.4, -0.2) is 24.9 Å². The zero-order valence-electron chi connectivity index (χ0n) is 8.45. The van der Waals surface area contributed by atoms with Gasteiger partial charge < -0.3 is 0 Å². The predicted octanol–water partition coefficient (Wildman–Crippen LogP) is 2.50. The molecule has 16 heavy (non-hydrogen) atoms. The van der Waals surface area contributed by atoms with Crippen LogP contribution >= 0.6 is 0 Å². The van der Waals surface area contributed by atoms with Crippen LogP contribution in [0.2, 0.25) is 0 Å². The summed E-state index contributed by atoms with van der Waals surface area (Å²) in [5.41, 5.74) is -0.895. The van der Waals surface area contributed by atoms with Crippen molar-refractivity contribution in [1.82, 2.24) is 0 Å². The van der Waals surface area contributed by atoms with Gasteiger partial charge in [0.05, 0.1) is 0 Å². The number of halogens is 3. The maximum Gasteiger partial charge on any atom is 0.412 e. The van der Waals surface area contributed by atoms with Gasteiger partial charge in [0, 0.05) is 5.57 Å². The fourth-order valence-corrected chi connectivity index (χ4v) is 1.35. The normalized spacial score (nSPS) is 15.1. The van der Waals surface area contributed by atoms with Gasteiger partial charge in [-0.1, -0.05) is 24.8 Å². The van der Waals surface area contributed by atoms with Crippen molar-refractivity contribution < 1.29 is 26.1 Å². The highest BCUT2D eigenvalue weighted by atomic mass is 32.2. The summed E-state index contributed by atoms with van der Waals surface area (Å²) in [5.74, 6) is -0.766. The summed E-state index contributed by atoms with van der Waals surface area (Å²) >= 11 is 0. The van der Waals surface area contributed by atoms with E-state index in [0.717, 1.165) is 25.2 Å². The monoisotopic (exact) mass is 256 g/mol. The first-order valence-electron chi connectivity index (χ1n) is 4.08. The first-order chi connectivity index (χ1) is 7.06. The van der Waals surface area contributed by atoms with E-state index >= 15 is 0 Å². The van der Waals surface area contributed by atoms with Gasteiger partial charge in [-0.05, 0) is 12.5 Å². The Morgan fingerprint density at radius 2 is 1.88 bits per heavy atom. The Balaban J connectivity index is 4.95. The van der Waals surface area contributed by atoms with Crippen LogP contribution in [0.4, 0.5) is 13.2 Å². The first-order valence-corrected chi connectivity index (χ1v) is 5.69. The molecule has 0 rings (SSSR count). The molecule has 0 aromatic carbocycles. The molecule has 0 aliphatic carbocycles. The van der Waals surface area contributed by atoms with E-state index in [4.69, 9.17) is 4.55 Å². The minimum absolute atomic E-state index is 0.0221. The molecule has 0 aromatic rings. The van der Waals surface area contributed by atoms with Crippen LogP contribution in [0.15, 0.2) is 36.0 Å². The fraction of sp³-hybridized carbons (Fsp3) is 0.333. The molecule has 0 heterocycles. The molecule has 0 spiro atoms. The number of hydrogen-bond acceptors (Lipinski definition) is 2. The highest BCUT2D eigenvalue weighted by molar-refractivity contribution is 7.86. The van der Waals surface area contributed by atoms with Gasteiger partial charge in [-0.2, -0.15) is 21.6 Å². The molecule has 0 radical (unpaired) electrons. The topological polar surface area (TPSA) is 54.4 Å². The van der Waals surface area contributed by atoms with Crippen molar-refractivity contribution in [2.24, 2.45) is 0 Å². The van der Waals surface area contributed by atoms with Crippen LogP contribution in [0.5, 0.6) is 0 Å². The Hall–Kier alpha value is -1.08. The predicted molar refractivity (Wildman–Crippen MR) is 54.5 cm³/mol. The third-order valence-electron chi connectivity index (χ3n) is 1.61. The molecule has 0 saturated carbocycles. The maximum absolute atomic E-state index is 12.1. The summed E-state index contributed by atoms with van der Waals surface area (Å²) in [7, 11) is -4.27. The van der Waals surface area contributed by atoms with E-state index in [1.807, 2.05) is 0 Å². The number of hydrogen-bond donors (Lipinski definition) is 1. The van der Waals surface area contributed by atoms with E-state index in [9.17, 15) is 21.6 Å². The standard InChI is InChI=1S/C9H11F3O3S/c1-3-8(6-16(13,14)15)5-4-7(2)9(10,11)12/h3-5H,1,6H2,2H3,(H,13,14,15)/b7-4+,8-5+. The molecule has 0 saturated heterocycles. The SMILES string of the molecule is C=C/C(=C\C=C(/C)C(F)(F)F)CS(=O)(=O)O. The Morgan fingerprint density at radius 1 is 1.38 bits per heavy atom. The quantitative estimate of drug-likeness (QED) is 0.621. The minimum atomic E-state index is -4.46. The van der Waals surface area contributed by atoms with Crippen LogP contribution in [0.1, 0.15) is 6.92 Å². The third-order valence-corrected chi connectivity index (χ3v) is 2.30. The molecule has 0 fully saturated rings. The van der Waals surface area contributed by atoms with Gasteiger partial charge in [0.25, 0.3) is 10.1 Å². The van der Waals surface area contributed by atoms with E-state index in [1.165, 1.54) is 0 Å².